The van der Waals surface area contributed by atoms with Gasteiger partial charge >= 0.3 is 0 Å². The van der Waals surface area contributed by atoms with Gasteiger partial charge in [-0.15, -0.1) is 0 Å². The minimum Gasteiger partial charge on any atom is -0.234 e. The van der Waals surface area contributed by atoms with E-state index in [9.17, 15) is 0 Å². The lowest BCUT2D eigenvalue weighted by atomic mass is 9.93. The third-order valence-corrected chi connectivity index (χ3v) is 5.71. The maximum atomic E-state index is 5.20. The molecule has 0 fully saturated rings. The molecule has 4 aromatic carbocycles. The number of hydrogen-bond acceptors (Lipinski definition) is 1. The van der Waals surface area contributed by atoms with Crippen LogP contribution in [-0.4, -0.2) is 4.98 Å². The predicted molar refractivity (Wildman–Crippen MR) is 118 cm³/mol. The molecule has 5 rings (SSSR count). The standard InChI is InChI=1S/C26H23N2/c1-16-13-18(3)23-21(14-16)20-12-8-9-17(2)24(20)26-25(23)27-22(15-28(26)4)19-10-6-5-7-11-19/h5-15H,1-4H3/q+1. The van der Waals surface area contributed by atoms with E-state index in [1.165, 1.54) is 43.8 Å². The summed E-state index contributed by atoms with van der Waals surface area (Å²) in [7, 11) is 2.14. The predicted octanol–water partition coefficient (Wildman–Crippen LogP) is 5.96. The molecule has 0 unspecified atom stereocenters. The average molecular weight is 363 g/mol. The van der Waals surface area contributed by atoms with Crippen LogP contribution in [0.3, 0.4) is 0 Å². The zero-order valence-corrected chi connectivity index (χ0v) is 16.7. The molecule has 0 saturated heterocycles. The number of nitrogens with zero attached hydrogens (tertiary/aromatic N) is 2. The van der Waals surface area contributed by atoms with Crippen LogP contribution in [0.2, 0.25) is 0 Å². The quantitative estimate of drug-likeness (QED) is 0.265. The number of rotatable bonds is 1. The van der Waals surface area contributed by atoms with Crippen LogP contribution in [0.4, 0.5) is 0 Å². The number of aryl methyl sites for hydroxylation is 4. The lowest BCUT2D eigenvalue weighted by Crippen LogP contribution is -2.30. The Morgan fingerprint density at radius 2 is 1.54 bits per heavy atom. The van der Waals surface area contributed by atoms with Gasteiger partial charge in [0.2, 0.25) is 5.52 Å². The van der Waals surface area contributed by atoms with Crippen LogP contribution in [0.25, 0.3) is 43.8 Å². The summed E-state index contributed by atoms with van der Waals surface area (Å²) in [6.07, 6.45) is 2.15. The summed E-state index contributed by atoms with van der Waals surface area (Å²) in [5.74, 6) is 0. The first-order chi connectivity index (χ1) is 13.5. The Hall–Kier alpha value is -3.26. The Morgan fingerprint density at radius 3 is 2.32 bits per heavy atom. The van der Waals surface area contributed by atoms with Gasteiger partial charge in [0, 0.05) is 10.9 Å². The van der Waals surface area contributed by atoms with E-state index in [1.807, 2.05) is 6.07 Å². The lowest BCUT2D eigenvalue weighted by molar-refractivity contribution is -0.643. The first kappa shape index (κ1) is 16.9. The molecule has 0 aliphatic carbocycles. The topological polar surface area (TPSA) is 16.8 Å². The first-order valence-electron chi connectivity index (χ1n) is 9.72. The van der Waals surface area contributed by atoms with Gasteiger partial charge in [-0.25, -0.2) is 4.98 Å². The fraction of sp³-hybridized carbons (Fsp3) is 0.154. The van der Waals surface area contributed by atoms with Crippen LogP contribution in [0, 0.1) is 20.8 Å². The van der Waals surface area contributed by atoms with Crippen LogP contribution in [-0.2, 0) is 7.05 Å². The molecular weight excluding hydrogens is 340 g/mol. The van der Waals surface area contributed by atoms with Crippen molar-refractivity contribution in [2.75, 3.05) is 0 Å². The summed E-state index contributed by atoms with van der Waals surface area (Å²) < 4.78 is 2.25. The minimum absolute atomic E-state index is 1.00. The Labute approximate surface area is 165 Å². The Morgan fingerprint density at radius 1 is 0.750 bits per heavy atom. The largest absolute Gasteiger partial charge is 0.239 e. The Bertz CT molecular complexity index is 1380. The van der Waals surface area contributed by atoms with Crippen LogP contribution >= 0.6 is 0 Å². The fourth-order valence-corrected chi connectivity index (χ4v) is 4.54. The molecule has 0 bridgehead atoms. The summed E-state index contributed by atoms with van der Waals surface area (Å²) in [5.41, 5.74) is 8.28. The highest BCUT2D eigenvalue weighted by Gasteiger charge is 2.21. The number of benzene rings is 4. The van der Waals surface area contributed by atoms with Crippen molar-refractivity contribution in [2.24, 2.45) is 7.05 Å². The van der Waals surface area contributed by atoms with Gasteiger partial charge in [0.25, 0.3) is 0 Å². The van der Waals surface area contributed by atoms with E-state index in [1.54, 1.807) is 0 Å². The third kappa shape index (κ3) is 2.41. The highest BCUT2D eigenvalue weighted by atomic mass is 15.0. The zero-order chi connectivity index (χ0) is 19.4. The number of hydrogen-bond donors (Lipinski definition) is 0. The maximum Gasteiger partial charge on any atom is 0.239 e. The molecule has 0 radical (unpaired) electrons. The molecule has 2 nitrogen and oxygen atoms in total. The molecule has 136 valence electrons. The minimum atomic E-state index is 1.00. The van der Waals surface area contributed by atoms with Crippen molar-refractivity contribution >= 4 is 32.6 Å². The van der Waals surface area contributed by atoms with Gasteiger partial charge in [-0.05, 0) is 42.7 Å². The van der Waals surface area contributed by atoms with Crippen molar-refractivity contribution in [3.63, 3.8) is 0 Å². The zero-order valence-electron chi connectivity index (χ0n) is 16.7. The monoisotopic (exact) mass is 363 g/mol. The molecule has 1 heterocycles. The molecule has 0 N–H and O–H groups in total. The normalized spacial score (nSPS) is 11.6. The van der Waals surface area contributed by atoms with Crippen LogP contribution < -0.4 is 4.57 Å². The van der Waals surface area contributed by atoms with E-state index >= 15 is 0 Å². The molecular formula is C26H23N2+. The second kappa shape index (κ2) is 6.13. The van der Waals surface area contributed by atoms with Crippen molar-refractivity contribution < 1.29 is 4.57 Å². The maximum absolute atomic E-state index is 5.20. The fourth-order valence-electron chi connectivity index (χ4n) is 4.54. The van der Waals surface area contributed by atoms with Gasteiger partial charge in [0.1, 0.15) is 18.3 Å². The van der Waals surface area contributed by atoms with E-state index < -0.39 is 0 Å². The van der Waals surface area contributed by atoms with Gasteiger partial charge in [-0.1, -0.05) is 66.2 Å². The molecule has 0 aliphatic rings. The molecule has 0 amide bonds. The van der Waals surface area contributed by atoms with Crippen LogP contribution in [0.15, 0.2) is 66.9 Å². The highest BCUT2D eigenvalue weighted by Crippen LogP contribution is 2.37. The third-order valence-electron chi connectivity index (χ3n) is 5.71. The Balaban J connectivity index is 2.08. The summed E-state index contributed by atoms with van der Waals surface area (Å²) >= 11 is 0. The summed E-state index contributed by atoms with van der Waals surface area (Å²) in [5, 5.41) is 5.15. The van der Waals surface area contributed by atoms with Crippen molar-refractivity contribution in [2.45, 2.75) is 20.8 Å². The van der Waals surface area contributed by atoms with Crippen LogP contribution in [0.5, 0.6) is 0 Å². The molecule has 0 spiro atoms. The highest BCUT2D eigenvalue weighted by molar-refractivity contribution is 6.24. The van der Waals surface area contributed by atoms with E-state index in [4.69, 9.17) is 4.98 Å². The van der Waals surface area contributed by atoms with E-state index in [2.05, 4.69) is 93.2 Å². The summed E-state index contributed by atoms with van der Waals surface area (Å²) in [6, 6.07) is 21.6. The Kier molecular flexibility index (Phi) is 3.70. The van der Waals surface area contributed by atoms with Gasteiger partial charge < -0.3 is 0 Å². The van der Waals surface area contributed by atoms with Gasteiger partial charge in [-0.3, -0.25) is 0 Å². The molecule has 28 heavy (non-hydrogen) atoms. The van der Waals surface area contributed by atoms with Crippen LogP contribution in [0.1, 0.15) is 16.7 Å². The van der Waals surface area contributed by atoms with E-state index in [-0.39, 0.29) is 0 Å². The summed E-state index contributed by atoms with van der Waals surface area (Å²) in [4.78, 5) is 5.20. The van der Waals surface area contributed by atoms with Crippen molar-refractivity contribution in [1.82, 2.24) is 4.98 Å². The van der Waals surface area contributed by atoms with Crippen molar-refractivity contribution in [1.29, 1.82) is 0 Å². The molecule has 0 saturated carbocycles. The first-order valence-corrected chi connectivity index (χ1v) is 9.72. The van der Waals surface area contributed by atoms with Gasteiger partial charge in [0.15, 0.2) is 6.20 Å². The lowest BCUT2D eigenvalue weighted by Gasteiger charge is -2.13. The van der Waals surface area contributed by atoms with E-state index in [0.29, 0.717) is 0 Å². The molecule has 5 aromatic rings. The van der Waals surface area contributed by atoms with Gasteiger partial charge in [-0.2, -0.15) is 4.57 Å². The molecule has 0 aliphatic heterocycles. The average Bonchev–Trinajstić information content (AvgIpc) is 2.68. The molecule has 1 aromatic heterocycles. The second-order valence-electron chi connectivity index (χ2n) is 7.80. The van der Waals surface area contributed by atoms with Crippen molar-refractivity contribution in [3.8, 4) is 11.3 Å². The number of aromatic nitrogens is 2. The summed E-state index contributed by atoms with van der Waals surface area (Å²) in [6.45, 7) is 6.57. The molecule has 0 atom stereocenters. The van der Waals surface area contributed by atoms with Gasteiger partial charge in [0.05, 0.1) is 5.39 Å². The number of fused-ring (bicyclic) bond motifs is 6. The molecule has 2 heteroatoms. The van der Waals surface area contributed by atoms with Crippen molar-refractivity contribution in [3.05, 3.63) is 83.6 Å². The SMILES string of the molecule is Cc1cc(C)c2c(c1)c1cccc(C)c1c1c2nc(-c2ccccc2)c[n+]1C. The van der Waals surface area contributed by atoms with E-state index in [0.717, 1.165) is 16.8 Å². The second-order valence-corrected chi connectivity index (χ2v) is 7.80. The smallest absolute Gasteiger partial charge is 0.234 e.